The number of nitrogens with one attached hydrogen (secondary N) is 1. The van der Waals surface area contributed by atoms with E-state index in [0.717, 1.165) is 41.0 Å². The number of aryl methyl sites for hydroxylation is 2. The number of hydrogen-bond acceptors (Lipinski definition) is 4. The van der Waals surface area contributed by atoms with E-state index in [1.165, 1.54) is 12.7 Å². The van der Waals surface area contributed by atoms with Crippen molar-refractivity contribution < 1.29 is 17.9 Å². The zero-order chi connectivity index (χ0) is 20.3. The summed E-state index contributed by atoms with van der Waals surface area (Å²) in [6.45, 7) is 1.57. The zero-order valence-corrected chi connectivity index (χ0v) is 17.3. The third kappa shape index (κ3) is 4.47. The smallest absolute Gasteiger partial charge is 0.241 e. The molecule has 0 unspecified atom stereocenters. The lowest BCUT2D eigenvalue weighted by Crippen LogP contribution is -2.42. The maximum Gasteiger partial charge on any atom is 0.241 e. The molecule has 0 radical (unpaired) electrons. The molecule has 0 heterocycles. The molecule has 150 valence electrons. The van der Waals surface area contributed by atoms with Gasteiger partial charge in [-0.3, -0.25) is 9.10 Å². The van der Waals surface area contributed by atoms with E-state index in [2.05, 4.69) is 11.4 Å². The van der Waals surface area contributed by atoms with Crippen LogP contribution in [0.15, 0.2) is 42.5 Å². The molecular formula is C21H26N2O4S. The highest BCUT2D eigenvalue weighted by molar-refractivity contribution is 7.92. The highest BCUT2D eigenvalue weighted by Gasteiger charge is 2.27. The molecule has 28 heavy (non-hydrogen) atoms. The van der Waals surface area contributed by atoms with Gasteiger partial charge in [-0.15, -0.1) is 0 Å². The van der Waals surface area contributed by atoms with Gasteiger partial charge in [-0.05, 0) is 55.0 Å². The molecule has 1 aliphatic carbocycles. The first-order valence-electron chi connectivity index (χ1n) is 9.29. The molecular weight excluding hydrogens is 376 g/mol. The van der Waals surface area contributed by atoms with Gasteiger partial charge in [0, 0.05) is 0 Å². The van der Waals surface area contributed by atoms with Gasteiger partial charge >= 0.3 is 0 Å². The topological polar surface area (TPSA) is 75.7 Å². The molecule has 7 heteroatoms. The van der Waals surface area contributed by atoms with Gasteiger partial charge < -0.3 is 10.1 Å². The Hall–Kier alpha value is -2.54. The van der Waals surface area contributed by atoms with E-state index in [1.807, 2.05) is 31.2 Å². The molecule has 0 bridgehead atoms. The van der Waals surface area contributed by atoms with Crippen LogP contribution in [0.25, 0.3) is 0 Å². The number of anilines is 1. The Morgan fingerprint density at radius 1 is 1.25 bits per heavy atom. The van der Waals surface area contributed by atoms with Crippen LogP contribution in [0, 0.1) is 6.92 Å². The highest BCUT2D eigenvalue weighted by Crippen LogP contribution is 2.32. The Morgan fingerprint density at radius 3 is 2.71 bits per heavy atom. The lowest BCUT2D eigenvalue weighted by molar-refractivity contribution is -0.120. The number of nitrogens with zero attached hydrogens (tertiary/aromatic N) is 1. The first-order valence-corrected chi connectivity index (χ1v) is 11.1. The van der Waals surface area contributed by atoms with Gasteiger partial charge in [0.1, 0.15) is 12.3 Å². The number of benzene rings is 2. The fraction of sp³-hybridized carbons (Fsp3) is 0.381. The van der Waals surface area contributed by atoms with Crippen LogP contribution < -0.4 is 14.4 Å². The summed E-state index contributed by atoms with van der Waals surface area (Å²) in [5.41, 5.74) is 3.59. The number of sulfonamides is 1. The Kier molecular flexibility index (Phi) is 5.93. The highest BCUT2D eigenvalue weighted by atomic mass is 32.2. The normalized spacial score (nSPS) is 16.2. The van der Waals surface area contributed by atoms with Crippen molar-refractivity contribution in [3.8, 4) is 5.75 Å². The van der Waals surface area contributed by atoms with Gasteiger partial charge in [0.25, 0.3) is 0 Å². The van der Waals surface area contributed by atoms with Crippen molar-refractivity contribution in [3.63, 3.8) is 0 Å². The number of rotatable bonds is 6. The second-order valence-electron chi connectivity index (χ2n) is 7.16. The van der Waals surface area contributed by atoms with Gasteiger partial charge in [-0.1, -0.05) is 30.3 Å². The van der Waals surface area contributed by atoms with E-state index in [-0.39, 0.29) is 18.5 Å². The predicted octanol–water partition coefficient (Wildman–Crippen LogP) is 2.96. The molecule has 1 aliphatic rings. The van der Waals surface area contributed by atoms with Gasteiger partial charge in [-0.25, -0.2) is 8.42 Å². The standard InChI is InChI=1S/C21H26N2O4S/c1-15-11-12-20(27-2)19(13-15)23(28(3,25)26)14-21(24)22-18-10-6-8-16-7-4-5-9-17(16)18/h4-5,7,9,11-13,18H,6,8,10,14H2,1-3H3,(H,22,24)/t18-/m1/s1. The average molecular weight is 403 g/mol. The van der Waals surface area contributed by atoms with Crippen molar-refractivity contribution in [3.05, 3.63) is 59.2 Å². The molecule has 0 aliphatic heterocycles. The first-order chi connectivity index (χ1) is 13.3. The summed E-state index contributed by atoms with van der Waals surface area (Å²) in [5, 5.41) is 3.01. The Morgan fingerprint density at radius 2 is 2.00 bits per heavy atom. The summed E-state index contributed by atoms with van der Waals surface area (Å²) in [6, 6.07) is 13.2. The average Bonchev–Trinajstić information content (AvgIpc) is 2.65. The van der Waals surface area contributed by atoms with Crippen molar-refractivity contribution in [1.82, 2.24) is 5.32 Å². The molecule has 1 N–H and O–H groups in total. The quantitative estimate of drug-likeness (QED) is 0.806. The van der Waals surface area contributed by atoms with Crippen molar-refractivity contribution in [2.24, 2.45) is 0 Å². The van der Waals surface area contributed by atoms with Crippen LogP contribution in [-0.4, -0.2) is 34.2 Å². The summed E-state index contributed by atoms with van der Waals surface area (Å²) < 4.78 is 31.3. The lowest BCUT2D eigenvalue weighted by atomic mass is 9.88. The van der Waals surface area contributed by atoms with E-state index in [9.17, 15) is 13.2 Å². The molecule has 0 spiro atoms. The molecule has 3 rings (SSSR count). The third-order valence-electron chi connectivity index (χ3n) is 5.00. The van der Waals surface area contributed by atoms with Crippen molar-refractivity contribution in [1.29, 1.82) is 0 Å². The minimum absolute atomic E-state index is 0.0988. The number of fused-ring (bicyclic) bond motifs is 1. The summed E-state index contributed by atoms with van der Waals surface area (Å²) >= 11 is 0. The number of ether oxygens (including phenoxy) is 1. The second-order valence-corrected chi connectivity index (χ2v) is 9.06. The van der Waals surface area contributed by atoms with E-state index in [4.69, 9.17) is 4.74 Å². The van der Waals surface area contributed by atoms with Crippen LogP contribution in [0.3, 0.4) is 0 Å². The van der Waals surface area contributed by atoms with Gasteiger partial charge in [0.15, 0.2) is 0 Å². The molecule has 1 amide bonds. The number of methoxy groups -OCH3 is 1. The van der Waals surface area contributed by atoms with E-state index < -0.39 is 10.0 Å². The Bertz CT molecular complexity index is 972. The summed E-state index contributed by atoms with van der Waals surface area (Å²) in [7, 11) is -2.19. The molecule has 0 saturated carbocycles. The lowest BCUT2D eigenvalue weighted by Gasteiger charge is -2.28. The van der Waals surface area contributed by atoms with E-state index in [0.29, 0.717) is 11.4 Å². The SMILES string of the molecule is COc1ccc(C)cc1N(CC(=O)N[C@@H]1CCCc2ccccc21)S(C)(=O)=O. The summed E-state index contributed by atoms with van der Waals surface area (Å²) in [4.78, 5) is 12.8. The molecule has 2 aromatic rings. The van der Waals surface area contributed by atoms with Crippen LogP contribution >= 0.6 is 0 Å². The van der Waals surface area contributed by atoms with Crippen LogP contribution in [0.1, 0.15) is 35.6 Å². The Balaban J connectivity index is 1.84. The Labute approximate surface area is 166 Å². The predicted molar refractivity (Wildman–Crippen MR) is 110 cm³/mol. The first kappa shape index (κ1) is 20.2. The van der Waals surface area contributed by atoms with Crippen LogP contribution in [0.2, 0.25) is 0 Å². The summed E-state index contributed by atoms with van der Waals surface area (Å²) in [6.07, 6.45) is 3.93. The number of carbonyl (C=O) groups is 1. The van der Waals surface area contributed by atoms with Crippen LogP contribution in [0.5, 0.6) is 5.75 Å². The maximum absolute atomic E-state index is 12.8. The summed E-state index contributed by atoms with van der Waals surface area (Å²) in [5.74, 6) is 0.0718. The molecule has 0 saturated heterocycles. The fourth-order valence-electron chi connectivity index (χ4n) is 3.65. The minimum atomic E-state index is -3.67. The largest absolute Gasteiger partial charge is 0.495 e. The van der Waals surface area contributed by atoms with Gasteiger partial charge in [-0.2, -0.15) is 0 Å². The van der Waals surface area contributed by atoms with Crippen LogP contribution in [0.4, 0.5) is 5.69 Å². The van der Waals surface area contributed by atoms with E-state index in [1.54, 1.807) is 12.1 Å². The van der Waals surface area contributed by atoms with E-state index >= 15 is 0 Å². The number of carbonyl (C=O) groups excluding carboxylic acids is 1. The van der Waals surface area contributed by atoms with Crippen LogP contribution in [-0.2, 0) is 21.2 Å². The number of amides is 1. The molecule has 0 aromatic heterocycles. The minimum Gasteiger partial charge on any atom is -0.495 e. The van der Waals surface area contributed by atoms with Crippen molar-refractivity contribution in [2.75, 3.05) is 24.2 Å². The monoisotopic (exact) mass is 402 g/mol. The molecule has 2 aromatic carbocycles. The second kappa shape index (κ2) is 8.22. The fourth-order valence-corrected chi connectivity index (χ4v) is 4.50. The maximum atomic E-state index is 12.8. The molecule has 1 atom stereocenters. The van der Waals surface area contributed by atoms with Crippen molar-refractivity contribution in [2.45, 2.75) is 32.2 Å². The third-order valence-corrected chi connectivity index (χ3v) is 6.12. The van der Waals surface area contributed by atoms with Gasteiger partial charge in [0.2, 0.25) is 15.9 Å². The molecule has 0 fully saturated rings. The zero-order valence-electron chi connectivity index (χ0n) is 16.4. The van der Waals surface area contributed by atoms with Crippen molar-refractivity contribution >= 4 is 21.6 Å². The molecule has 6 nitrogen and oxygen atoms in total. The van der Waals surface area contributed by atoms with Gasteiger partial charge in [0.05, 0.1) is 25.1 Å². The number of hydrogen-bond donors (Lipinski definition) is 1.